The second kappa shape index (κ2) is 11.1. The van der Waals surface area contributed by atoms with Crippen LogP contribution in [-0.4, -0.2) is 35.2 Å². The Morgan fingerprint density at radius 3 is 2.46 bits per heavy atom. The first-order chi connectivity index (χ1) is 16.8. The number of thioether (sulfide) groups is 1. The maximum atomic E-state index is 12.8. The Balaban J connectivity index is 1.38. The van der Waals surface area contributed by atoms with Gasteiger partial charge >= 0.3 is 5.97 Å². The number of rotatable bonds is 7. The number of aryl methyl sites for hydroxylation is 1. The van der Waals surface area contributed by atoms with E-state index < -0.39 is 5.97 Å². The van der Waals surface area contributed by atoms with Crippen molar-refractivity contribution in [2.24, 2.45) is 0 Å². The molecule has 35 heavy (non-hydrogen) atoms. The standard InChI is InChI=1S/C26H19BrClNO5S/c1-16-2-9-20(10-3-16)33-13-12-29-24(30)23(35-26(29)32)15-17-4-11-22(21(27)14-17)34-25(31)18-5-7-19(28)8-6-18/h2-11,14-15H,12-13H2,1H3/b23-15-. The van der Waals surface area contributed by atoms with E-state index in [1.807, 2.05) is 31.2 Å². The monoisotopic (exact) mass is 571 g/mol. The van der Waals surface area contributed by atoms with Gasteiger partial charge in [0, 0.05) is 5.02 Å². The minimum absolute atomic E-state index is 0.152. The van der Waals surface area contributed by atoms with Gasteiger partial charge in [-0.15, -0.1) is 0 Å². The van der Waals surface area contributed by atoms with Gasteiger partial charge in [-0.1, -0.05) is 35.4 Å². The van der Waals surface area contributed by atoms with E-state index in [-0.39, 0.29) is 24.3 Å². The molecule has 9 heteroatoms. The minimum atomic E-state index is -0.524. The Kier molecular flexibility index (Phi) is 7.95. The molecule has 0 saturated carbocycles. The zero-order valence-electron chi connectivity index (χ0n) is 18.5. The third-order valence-corrected chi connectivity index (χ3v) is 6.79. The molecule has 6 nitrogen and oxygen atoms in total. The number of amides is 2. The first-order valence-corrected chi connectivity index (χ1v) is 12.5. The molecule has 178 valence electrons. The summed E-state index contributed by atoms with van der Waals surface area (Å²) in [4.78, 5) is 38.9. The molecule has 0 unspecified atom stereocenters. The quantitative estimate of drug-likeness (QED) is 0.177. The van der Waals surface area contributed by atoms with Crippen molar-refractivity contribution in [1.29, 1.82) is 0 Å². The number of ether oxygens (including phenoxy) is 2. The van der Waals surface area contributed by atoms with Gasteiger partial charge in [0.05, 0.1) is 21.5 Å². The summed E-state index contributed by atoms with van der Waals surface area (Å²) in [7, 11) is 0. The summed E-state index contributed by atoms with van der Waals surface area (Å²) in [5, 5.41) is 0.177. The lowest BCUT2D eigenvalue weighted by molar-refractivity contribution is -0.123. The highest BCUT2D eigenvalue weighted by Gasteiger charge is 2.34. The number of nitrogens with zero attached hydrogens (tertiary/aromatic N) is 1. The van der Waals surface area contributed by atoms with Crippen LogP contribution in [0.25, 0.3) is 6.08 Å². The summed E-state index contributed by atoms with van der Waals surface area (Å²) in [5.41, 5.74) is 2.16. The molecule has 3 aromatic rings. The number of benzene rings is 3. The smallest absolute Gasteiger partial charge is 0.343 e. The lowest BCUT2D eigenvalue weighted by Crippen LogP contribution is -2.32. The Morgan fingerprint density at radius 2 is 1.77 bits per heavy atom. The van der Waals surface area contributed by atoms with E-state index in [0.29, 0.717) is 37.0 Å². The molecule has 1 aliphatic rings. The van der Waals surface area contributed by atoms with Crippen molar-refractivity contribution in [3.63, 3.8) is 0 Å². The molecular weight excluding hydrogens is 554 g/mol. The predicted octanol–water partition coefficient (Wildman–Crippen LogP) is 6.75. The number of carbonyl (C=O) groups excluding carboxylic acids is 3. The molecule has 0 bridgehead atoms. The Morgan fingerprint density at radius 1 is 1.06 bits per heavy atom. The van der Waals surface area contributed by atoms with Gasteiger partial charge < -0.3 is 9.47 Å². The lowest BCUT2D eigenvalue weighted by Gasteiger charge is -2.13. The van der Waals surface area contributed by atoms with Crippen LogP contribution in [0.5, 0.6) is 11.5 Å². The predicted molar refractivity (Wildman–Crippen MR) is 140 cm³/mol. The first-order valence-electron chi connectivity index (χ1n) is 10.5. The van der Waals surface area contributed by atoms with Crippen LogP contribution in [0.15, 0.2) is 76.1 Å². The summed E-state index contributed by atoms with van der Waals surface area (Å²) < 4.78 is 11.6. The molecular formula is C26H19BrClNO5S. The topological polar surface area (TPSA) is 72.9 Å². The van der Waals surface area contributed by atoms with Gasteiger partial charge in [-0.05, 0) is 94.8 Å². The van der Waals surface area contributed by atoms with Gasteiger partial charge in [0.15, 0.2) is 0 Å². The van der Waals surface area contributed by atoms with Crippen molar-refractivity contribution >= 4 is 62.5 Å². The molecule has 1 fully saturated rings. The van der Waals surface area contributed by atoms with E-state index in [1.165, 1.54) is 4.90 Å². The average Bonchev–Trinajstić information content (AvgIpc) is 3.09. The summed E-state index contributed by atoms with van der Waals surface area (Å²) in [6.07, 6.45) is 1.63. The molecule has 3 aromatic carbocycles. The van der Waals surface area contributed by atoms with E-state index in [9.17, 15) is 14.4 Å². The molecule has 1 aliphatic heterocycles. The van der Waals surface area contributed by atoms with Crippen molar-refractivity contribution in [1.82, 2.24) is 4.90 Å². The molecule has 0 N–H and O–H groups in total. The Labute approximate surface area is 220 Å². The van der Waals surface area contributed by atoms with Crippen LogP contribution in [0.2, 0.25) is 5.02 Å². The SMILES string of the molecule is Cc1ccc(OCCN2C(=O)S/C(=C\c3ccc(OC(=O)c4ccc(Cl)cc4)c(Br)c3)C2=O)cc1. The van der Waals surface area contributed by atoms with Crippen LogP contribution in [0, 0.1) is 6.92 Å². The molecule has 0 spiro atoms. The fraction of sp³-hybridized carbons (Fsp3) is 0.115. The van der Waals surface area contributed by atoms with Gasteiger partial charge in [0.1, 0.15) is 18.1 Å². The minimum Gasteiger partial charge on any atom is -0.492 e. The van der Waals surface area contributed by atoms with Gasteiger partial charge in [-0.2, -0.15) is 0 Å². The van der Waals surface area contributed by atoms with Crippen LogP contribution >= 0.6 is 39.3 Å². The molecule has 1 saturated heterocycles. The highest BCUT2D eigenvalue weighted by Crippen LogP contribution is 2.34. The van der Waals surface area contributed by atoms with Crippen LogP contribution in [0.3, 0.4) is 0 Å². The highest BCUT2D eigenvalue weighted by molar-refractivity contribution is 9.10. The Hall–Kier alpha value is -3.07. The fourth-order valence-corrected chi connectivity index (χ4v) is 4.64. The van der Waals surface area contributed by atoms with Crippen LogP contribution < -0.4 is 9.47 Å². The zero-order chi connectivity index (χ0) is 24.9. The van der Waals surface area contributed by atoms with Gasteiger partial charge in [0.25, 0.3) is 11.1 Å². The van der Waals surface area contributed by atoms with E-state index in [2.05, 4.69) is 15.9 Å². The molecule has 0 aliphatic carbocycles. The number of carbonyl (C=O) groups is 3. The molecule has 0 atom stereocenters. The van der Waals surface area contributed by atoms with Crippen molar-refractivity contribution < 1.29 is 23.9 Å². The van der Waals surface area contributed by atoms with E-state index >= 15 is 0 Å². The molecule has 1 heterocycles. The summed E-state index contributed by atoms with van der Waals surface area (Å²) in [5.74, 6) is 0.106. The van der Waals surface area contributed by atoms with Crippen molar-refractivity contribution in [2.45, 2.75) is 6.92 Å². The van der Waals surface area contributed by atoms with Crippen molar-refractivity contribution in [3.8, 4) is 11.5 Å². The number of imide groups is 1. The normalized spacial score (nSPS) is 14.5. The molecule has 2 amide bonds. The highest BCUT2D eigenvalue weighted by atomic mass is 79.9. The third kappa shape index (κ3) is 6.33. The maximum absolute atomic E-state index is 12.8. The lowest BCUT2D eigenvalue weighted by atomic mass is 10.2. The summed E-state index contributed by atoms with van der Waals surface area (Å²) in [6.45, 7) is 2.34. The molecule has 4 rings (SSSR count). The van der Waals surface area contributed by atoms with Gasteiger partial charge in [-0.25, -0.2) is 4.79 Å². The Bertz CT molecular complexity index is 1310. The fourth-order valence-electron chi connectivity index (χ4n) is 3.17. The van der Waals surface area contributed by atoms with Crippen LogP contribution in [-0.2, 0) is 4.79 Å². The average molecular weight is 573 g/mol. The number of hydrogen-bond donors (Lipinski definition) is 0. The number of esters is 1. The second-order valence-electron chi connectivity index (χ2n) is 7.58. The van der Waals surface area contributed by atoms with Crippen LogP contribution in [0.4, 0.5) is 4.79 Å². The van der Waals surface area contributed by atoms with Crippen molar-refractivity contribution in [3.05, 3.63) is 97.8 Å². The number of hydrogen-bond acceptors (Lipinski definition) is 6. The largest absolute Gasteiger partial charge is 0.492 e. The first kappa shape index (κ1) is 25.0. The van der Waals surface area contributed by atoms with E-state index in [0.717, 1.165) is 17.3 Å². The van der Waals surface area contributed by atoms with E-state index in [4.69, 9.17) is 21.1 Å². The summed E-state index contributed by atoms with van der Waals surface area (Å²) in [6, 6.07) is 18.9. The van der Waals surface area contributed by atoms with E-state index in [1.54, 1.807) is 48.5 Å². The molecule has 0 aromatic heterocycles. The van der Waals surface area contributed by atoms with Gasteiger partial charge in [-0.3, -0.25) is 14.5 Å². The van der Waals surface area contributed by atoms with Crippen molar-refractivity contribution in [2.75, 3.05) is 13.2 Å². The molecule has 0 radical (unpaired) electrons. The third-order valence-electron chi connectivity index (χ3n) is 5.01. The second-order valence-corrected chi connectivity index (χ2v) is 9.87. The zero-order valence-corrected chi connectivity index (χ0v) is 21.7. The number of halogens is 2. The maximum Gasteiger partial charge on any atom is 0.343 e. The van der Waals surface area contributed by atoms with Crippen LogP contribution in [0.1, 0.15) is 21.5 Å². The van der Waals surface area contributed by atoms with Gasteiger partial charge in [0.2, 0.25) is 0 Å². The summed E-state index contributed by atoms with van der Waals surface area (Å²) >= 11 is 10.1.